The summed E-state index contributed by atoms with van der Waals surface area (Å²) >= 11 is 0. The quantitative estimate of drug-likeness (QED) is 0.843. The number of hydrogen-bond donors (Lipinski definition) is 2. The van der Waals surface area contributed by atoms with E-state index in [1.165, 1.54) is 6.42 Å². The lowest BCUT2D eigenvalue weighted by Gasteiger charge is -2.10. The summed E-state index contributed by atoms with van der Waals surface area (Å²) in [5.41, 5.74) is 6.64. The van der Waals surface area contributed by atoms with Crippen molar-refractivity contribution < 1.29 is 8.42 Å². The van der Waals surface area contributed by atoms with Crippen molar-refractivity contribution in [1.82, 2.24) is 9.29 Å². The Morgan fingerprint density at radius 3 is 2.67 bits per heavy atom. The molecule has 0 bridgehead atoms. The summed E-state index contributed by atoms with van der Waals surface area (Å²) in [6.45, 7) is 3.17. The Morgan fingerprint density at radius 2 is 2.10 bits per heavy atom. The average Bonchev–Trinajstić information content (AvgIpc) is 3.05. The number of nitrogens with zero attached hydrogens (tertiary/aromatic N) is 1. The Bertz CT molecular complexity index is 604. The summed E-state index contributed by atoms with van der Waals surface area (Å²) < 4.78 is 29.7. The van der Waals surface area contributed by atoms with Crippen LogP contribution in [0.2, 0.25) is 0 Å². The van der Waals surface area contributed by atoms with Gasteiger partial charge in [-0.1, -0.05) is 13.3 Å². The monoisotopic (exact) mass is 311 g/mol. The maximum Gasteiger partial charge on any atom is 0.242 e. The molecule has 2 aliphatic rings. The van der Waals surface area contributed by atoms with Gasteiger partial charge in [0.25, 0.3) is 0 Å². The van der Waals surface area contributed by atoms with Crippen LogP contribution in [0.5, 0.6) is 0 Å². The first-order valence-corrected chi connectivity index (χ1v) is 9.38. The highest BCUT2D eigenvalue weighted by Gasteiger charge is 2.28. The van der Waals surface area contributed by atoms with E-state index < -0.39 is 10.0 Å². The molecule has 2 fully saturated rings. The van der Waals surface area contributed by atoms with Crippen LogP contribution >= 0.6 is 0 Å². The second-order valence-electron chi connectivity index (χ2n) is 6.65. The van der Waals surface area contributed by atoms with Gasteiger partial charge in [0, 0.05) is 31.0 Å². The van der Waals surface area contributed by atoms with Crippen molar-refractivity contribution in [1.29, 1.82) is 0 Å². The van der Waals surface area contributed by atoms with Gasteiger partial charge in [0.15, 0.2) is 0 Å². The third-order valence-corrected chi connectivity index (χ3v) is 6.12. The fourth-order valence-electron chi connectivity index (χ4n) is 3.32. The van der Waals surface area contributed by atoms with Crippen LogP contribution in [0.4, 0.5) is 0 Å². The minimum Gasteiger partial charge on any atom is -0.346 e. The Morgan fingerprint density at radius 1 is 1.33 bits per heavy atom. The standard InChI is InChI=1S/C15H25N3O2S/c1-11-2-3-12(6-11)9-17-21(19,20)15-7-14(8-16)18(10-15)13-4-5-13/h7,10-13,17H,2-6,8-9,16H2,1H3. The molecule has 1 aromatic rings. The van der Waals surface area contributed by atoms with Gasteiger partial charge in [-0.15, -0.1) is 0 Å². The van der Waals surface area contributed by atoms with Gasteiger partial charge in [-0.3, -0.25) is 0 Å². The van der Waals surface area contributed by atoms with Gasteiger partial charge in [0.2, 0.25) is 10.0 Å². The fourth-order valence-corrected chi connectivity index (χ4v) is 4.49. The minimum atomic E-state index is -3.41. The highest BCUT2D eigenvalue weighted by Crippen LogP contribution is 2.37. The minimum absolute atomic E-state index is 0.362. The number of nitrogens with two attached hydrogens (primary N) is 1. The molecule has 118 valence electrons. The number of aromatic nitrogens is 1. The van der Waals surface area contributed by atoms with Crippen LogP contribution in [-0.4, -0.2) is 19.5 Å². The molecule has 0 aliphatic heterocycles. The van der Waals surface area contributed by atoms with Gasteiger partial charge < -0.3 is 10.3 Å². The predicted octanol–water partition coefficient (Wildman–Crippen LogP) is 2.00. The molecule has 0 spiro atoms. The second kappa shape index (κ2) is 5.74. The van der Waals surface area contributed by atoms with Gasteiger partial charge in [-0.05, 0) is 43.6 Å². The molecule has 2 saturated carbocycles. The van der Waals surface area contributed by atoms with Gasteiger partial charge in [-0.25, -0.2) is 13.1 Å². The zero-order valence-electron chi connectivity index (χ0n) is 12.6. The van der Waals surface area contributed by atoms with Crippen molar-refractivity contribution in [2.24, 2.45) is 17.6 Å². The summed E-state index contributed by atoms with van der Waals surface area (Å²) in [4.78, 5) is 0.362. The number of hydrogen-bond acceptors (Lipinski definition) is 3. The summed E-state index contributed by atoms with van der Waals surface area (Å²) in [6, 6.07) is 2.17. The molecule has 0 amide bonds. The Kier molecular flexibility index (Phi) is 4.12. The van der Waals surface area contributed by atoms with E-state index in [2.05, 4.69) is 11.6 Å². The number of nitrogens with one attached hydrogen (secondary N) is 1. The summed E-state index contributed by atoms with van der Waals surface area (Å²) in [5.74, 6) is 1.20. The first-order chi connectivity index (χ1) is 9.99. The SMILES string of the molecule is CC1CCC(CNS(=O)(=O)c2cc(CN)n(C3CC3)c2)C1. The molecule has 3 rings (SSSR count). The van der Waals surface area contributed by atoms with E-state index in [0.717, 1.165) is 37.3 Å². The predicted molar refractivity (Wildman–Crippen MR) is 82.3 cm³/mol. The summed E-state index contributed by atoms with van der Waals surface area (Å²) in [6.07, 6.45) is 7.45. The Hall–Kier alpha value is -0.850. The van der Waals surface area contributed by atoms with E-state index in [4.69, 9.17) is 5.73 Å². The van der Waals surface area contributed by atoms with Crippen molar-refractivity contribution in [2.75, 3.05) is 6.54 Å². The molecule has 0 aromatic carbocycles. The second-order valence-corrected chi connectivity index (χ2v) is 8.41. The first kappa shape index (κ1) is 15.1. The normalized spacial score (nSPS) is 26.4. The number of rotatable bonds is 6. The fraction of sp³-hybridized carbons (Fsp3) is 0.733. The number of sulfonamides is 1. The van der Waals surface area contributed by atoms with Crippen LogP contribution in [0.1, 0.15) is 50.8 Å². The van der Waals surface area contributed by atoms with Crippen LogP contribution in [-0.2, 0) is 16.6 Å². The van der Waals surface area contributed by atoms with Crippen molar-refractivity contribution in [3.05, 3.63) is 18.0 Å². The van der Waals surface area contributed by atoms with E-state index >= 15 is 0 Å². The smallest absolute Gasteiger partial charge is 0.242 e. The van der Waals surface area contributed by atoms with Crippen LogP contribution in [0.25, 0.3) is 0 Å². The topological polar surface area (TPSA) is 77.1 Å². The molecule has 0 saturated heterocycles. The Labute approximate surface area is 127 Å². The first-order valence-electron chi connectivity index (χ1n) is 7.90. The zero-order valence-corrected chi connectivity index (χ0v) is 13.4. The molecule has 1 aromatic heterocycles. The molecule has 0 radical (unpaired) electrons. The van der Waals surface area contributed by atoms with E-state index in [-0.39, 0.29) is 0 Å². The molecule has 2 aliphatic carbocycles. The molecular weight excluding hydrogens is 286 g/mol. The van der Waals surface area contributed by atoms with E-state index in [0.29, 0.717) is 29.9 Å². The van der Waals surface area contributed by atoms with Gasteiger partial charge in [0.1, 0.15) is 0 Å². The Balaban J connectivity index is 1.69. The summed E-state index contributed by atoms with van der Waals surface area (Å²) in [7, 11) is -3.41. The molecular formula is C15H25N3O2S. The van der Waals surface area contributed by atoms with E-state index in [9.17, 15) is 8.42 Å². The molecule has 2 unspecified atom stereocenters. The van der Waals surface area contributed by atoms with Crippen LogP contribution in [0.3, 0.4) is 0 Å². The van der Waals surface area contributed by atoms with E-state index in [1.54, 1.807) is 12.3 Å². The van der Waals surface area contributed by atoms with Crippen LogP contribution in [0, 0.1) is 11.8 Å². The third kappa shape index (κ3) is 3.33. The molecule has 5 nitrogen and oxygen atoms in total. The lowest BCUT2D eigenvalue weighted by molar-refractivity contribution is 0.498. The molecule has 21 heavy (non-hydrogen) atoms. The highest BCUT2D eigenvalue weighted by molar-refractivity contribution is 7.89. The largest absolute Gasteiger partial charge is 0.346 e. The van der Waals surface area contributed by atoms with Gasteiger partial charge >= 0.3 is 0 Å². The van der Waals surface area contributed by atoms with Gasteiger partial charge in [0.05, 0.1) is 4.90 Å². The van der Waals surface area contributed by atoms with Crippen molar-refractivity contribution in [3.63, 3.8) is 0 Å². The van der Waals surface area contributed by atoms with Crippen molar-refractivity contribution in [3.8, 4) is 0 Å². The molecule has 6 heteroatoms. The van der Waals surface area contributed by atoms with Crippen LogP contribution < -0.4 is 10.5 Å². The molecule has 2 atom stereocenters. The highest BCUT2D eigenvalue weighted by atomic mass is 32.2. The third-order valence-electron chi connectivity index (χ3n) is 4.73. The van der Waals surface area contributed by atoms with Crippen molar-refractivity contribution in [2.45, 2.75) is 56.5 Å². The van der Waals surface area contributed by atoms with Crippen LogP contribution in [0.15, 0.2) is 17.2 Å². The van der Waals surface area contributed by atoms with Gasteiger partial charge in [-0.2, -0.15) is 0 Å². The lowest BCUT2D eigenvalue weighted by atomic mass is 10.1. The molecule has 1 heterocycles. The zero-order chi connectivity index (χ0) is 15.0. The maximum atomic E-state index is 12.4. The maximum absolute atomic E-state index is 12.4. The summed E-state index contributed by atoms with van der Waals surface area (Å²) in [5, 5.41) is 0. The van der Waals surface area contributed by atoms with E-state index in [1.807, 2.05) is 4.57 Å². The average molecular weight is 311 g/mol. The molecule has 3 N–H and O–H groups in total. The van der Waals surface area contributed by atoms with Crippen molar-refractivity contribution >= 4 is 10.0 Å². The lowest BCUT2D eigenvalue weighted by Crippen LogP contribution is -2.28.